The summed E-state index contributed by atoms with van der Waals surface area (Å²) in [6.07, 6.45) is 7.32. The van der Waals surface area contributed by atoms with Crippen LogP contribution in [0.25, 0.3) is 0 Å². The normalized spacial score (nSPS) is 23.4. The number of nitrogens with zero attached hydrogens (tertiary/aromatic N) is 3. The van der Waals surface area contributed by atoms with E-state index < -0.39 is 6.17 Å². The van der Waals surface area contributed by atoms with Gasteiger partial charge in [0, 0.05) is 24.9 Å². The van der Waals surface area contributed by atoms with Gasteiger partial charge in [-0.3, -0.25) is 5.01 Å². The Morgan fingerprint density at radius 3 is 2.47 bits per heavy atom. The Bertz CT molecular complexity index is 1170. The van der Waals surface area contributed by atoms with Crippen molar-refractivity contribution in [1.29, 1.82) is 0 Å². The summed E-state index contributed by atoms with van der Waals surface area (Å²) in [5, 5.41) is 9.04. The van der Waals surface area contributed by atoms with Gasteiger partial charge in [0.2, 0.25) is 0 Å². The lowest BCUT2D eigenvalue weighted by Crippen LogP contribution is -2.64. The van der Waals surface area contributed by atoms with Gasteiger partial charge < -0.3 is 26.2 Å². The molecule has 0 aromatic heterocycles. The quantitative estimate of drug-likeness (QED) is 0.479. The first-order chi connectivity index (χ1) is 17.4. The van der Waals surface area contributed by atoms with Crippen LogP contribution >= 0.6 is 0 Å². The fourth-order valence-electron chi connectivity index (χ4n) is 4.91. The highest BCUT2D eigenvalue weighted by atomic mass is 16.2. The number of nitrogens with one attached hydrogen (secondary N) is 3. The first-order valence-electron chi connectivity index (χ1n) is 12.5. The summed E-state index contributed by atoms with van der Waals surface area (Å²) in [7, 11) is 1.77. The summed E-state index contributed by atoms with van der Waals surface area (Å²) < 4.78 is 0. The average molecular weight is 486 g/mol. The topological polar surface area (TPSA) is 88.9 Å². The van der Waals surface area contributed by atoms with Gasteiger partial charge in [-0.2, -0.15) is 0 Å². The molecule has 3 heterocycles. The van der Waals surface area contributed by atoms with E-state index in [1.165, 1.54) is 5.56 Å². The van der Waals surface area contributed by atoms with Crippen LogP contribution in [0.15, 0.2) is 90.4 Å². The number of carbonyl (C=O) groups excluding carboxylic acids is 1. The average Bonchev–Trinajstić information content (AvgIpc) is 3.24. The monoisotopic (exact) mass is 485 g/mol. The second-order valence-corrected chi connectivity index (χ2v) is 9.93. The van der Waals surface area contributed by atoms with Crippen LogP contribution in [0.5, 0.6) is 0 Å². The van der Waals surface area contributed by atoms with Gasteiger partial charge >= 0.3 is 6.03 Å². The van der Waals surface area contributed by atoms with Crippen LogP contribution in [0.3, 0.4) is 0 Å². The number of amides is 2. The summed E-state index contributed by atoms with van der Waals surface area (Å²) in [6, 6.07) is 18.8. The number of allylic oxidation sites excluding steroid dienone is 2. The first kappa shape index (κ1) is 24.0. The number of hydrogen-bond donors (Lipinski definition) is 4. The Kier molecular flexibility index (Phi) is 6.71. The lowest BCUT2D eigenvalue weighted by atomic mass is 10.0. The molecule has 0 bridgehead atoms. The first-order valence-corrected chi connectivity index (χ1v) is 12.5. The number of hydrazine groups is 1. The third-order valence-corrected chi connectivity index (χ3v) is 6.78. The minimum absolute atomic E-state index is 0.0650. The molecule has 2 amide bonds. The number of dihydropyridines is 1. The number of anilines is 1. The molecule has 3 aliphatic heterocycles. The molecule has 0 saturated carbocycles. The molecule has 3 atom stereocenters. The molecule has 1 fully saturated rings. The molecule has 3 unspecified atom stereocenters. The Morgan fingerprint density at radius 1 is 1.06 bits per heavy atom. The van der Waals surface area contributed by atoms with Gasteiger partial charge in [-0.05, 0) is 41.5 Å². The number of urea groups is 1. The van der Waals surface area contributed by atoms with Crippen LogP contribution in [0.2, 0.25) is 0 Å². The molecule has 8 heteroatoms. The maximum absolute atomic E-state index is 13.2. The van der Waals surface area contributed by atoms with E-state index in [9.17, 15) is 4.79 Å². The van der Waals surface area contributed by atoms with Gasteiger partial charge in [0.25, 0.3) is 0 Å². The number of hydrogen-bond acceptors (Lipinski definition) is 6. The Labute approximate surface area is 213 Å². The van der Waals surface area contributed by atoms with E-state index in [2.05, 4.69) is 71.3 Å². The molecule has 3 aliphatic rings. The van der Waals surface area contributed by atoms with Gasteiger partial charge in [0.1, 0.15) is 18.2 Å². The van der Waals surface area contributed by atoms with Crippen molar-refractivity contribution in [2.24, 2.45) is 11.7 Å². The molecule has 36 heavy (non-hydrogen) atoms. The highest BCUT2D eigenvalue weighted by Crippen LogP contribution is 2.33. The van der Waals surface area contributed by atoms with Gasteiger partial charge in [0.05, 0.1) is 12.6 Å². The molecular weight excluding hydrogens is 450 g/mol. The van der Waals surface area contributed by atoms with Crippen molar-refractivity contribution in [1.82, 2.24) is 25.6 Å². The van der Waals surface area contributed by atoms with Crippen molar-refractivity contribution in [3.05, 3.63) is 102 Å². The molecule has 2 aromatic rings. The Balaban J connectivity index is 1.46. The lowest BCUT2D eigenvalue weighted by molar-refractivity contribution is 0.0811. The molecule has 1 saturated heterocycles. The maximum atomic E-state index is 13.2. The molecule has 5 N–H and O–H groups in total. The van der Waals surface area contributed by atoms with Gasteiger partial charge in [-0.25, -0.2) is 10.2 Å². The SMILES string of the molecule is CC(C)CN1C(=O)N(C)C(N)C2=C(Nc3ccccc3)N(Cc3ccc(C4C=CC=CN4)cc3)NC21. The summed E-state index contributed by atoms with van der Waals surface area (Å²) in [5.74, 6) is 1.21. The second-order valence-electron chi connectivity index (χ2n) is 9.93. The third kappa shape index (κ3) is 4.69. The summed E-state index contributed by atoms with van der Waals surface area (Å²) in [4.78, 5) is 16.7. The van der Waals surface area contributed by atoms with E-state index in [-0.39, 0.29) is 18.2 Å². The maximum Gasteiger partial charge on any atom is 0.322 e. The number of fused-ring (bicyclic) bond motifs is 1. The van der Waals surface area contributed by atoms with E-state index in [0.717, 1.165) is 22.6 Å². The van der Waals surface area contributed by atoms with Crippen LogP contribution in [0, 0.1) is 5.92 Å². The van der Waals surface area contributed by atoms with E-state index in [0.29, 0.717) is 19.0 Å². The zero-order chi connectivity index (χ0) is 25.2. The van der Waals surface area contributed by atoms with Crippen LogP contribution in [0.1, 0.15) is 31.0 Å². The zero-order valence-electron chi connectivity index (χ0n) is 21.1. The number of likely N-dealkylation sites (N-methyl/N-ethyl adjacent to an activating group) is 1. The molecule has 8 nitrogen and oxygen atoms in total. The number of benzene rings is 2. The Morgan fingerprint density at radius 2 is 1.81 bits per heavy atom. The third-order valence-electron chi connectivity index (χ3n) is 6.78. The largest absolute Gasteiger partial charge is 0.381 e. The van der Waals surface area contributed by atoms with Crippen molar-refractivity contribution in [3.8, 4) is 0 Å². The highest BCUT2D eigenvalue weighted by molar-refractivity contribution is 5.78. The van der Waals surface area contributed by atoms with Crippen LogP contribution in [-0.2, 0) is 6.54 Å². The van der Waals surface area contributed by atoms with Crippen molar-refractivity contribution < 1.29 is 4.79 Å². The molecule has 5 rings (SSSR count). The number of rotatable bonds is 7. The van der Waals surface area contributed by atoms with Gasteiger partial charge in [-0.1, -0.05) is 68.5 Å². The standard InChI is InChI=1S/C28H35N7O/c1-19(2)17-34-27-24(25(29)33(3)28(34)36)26(31-22-9-5-4-6-10-22)35(32-27)18-20-12-14-21(15-13-20)23-11-7-8-16-30-23/h4-16,19,23,25,27,30-32H,17-18,29H2,1-3H3. The van der Waals surface area contributed by atoms with Crippen LogP contribution in [-0.4, -0.2) is 46.8 Å². The number of para-hydroxylation sites is 1. The predicted octanol–water partition coefficient (Wildman–Crippen LogP) is 3.68. The lowest BCUT2D eigenvalue weighted by Gasteiger charge is -2.43. The van der Waals surface area contributed by atoms with Crippen LogP contribution in [0.4, 0.5) is 10.5 Å². The molecule has 188 valence electrons. The summed E-state index contributed by atoms with van der Waals surface area (Å²) in [5.41, 5.74) is 14.5. The second kappa shape index (κ2) is 10.1. The van der Waals surface area contributed by atoms with E-state index >= 15 is 0 Å². The van der Waals surface area contributed by atoms with Crippen molar-refractivity contribution in [3.63, 3.8) is 0 Å². The highest BCUT2D eigenvalue weighted by Gasteiger charge is 2.47. The minimum Gasteiger partial charge on any atom is -0.381 e. The minimum atomic E-state index is -0.533. The fraction of sp³-hybridized carbons (Fsp3) is 0.321. The predicted molar refractivity (Wildman–Crippen MR) is 143 cm³/mol. The Hall–Kier alpha value is -3.75. The van der Waals surface area contributed by atoms with Crippen LogP contribution < -0.4 is 21.8 Å². The van der Waals surface area contributed by atoms with E-state index in [1.807, 2.05) is 47.5 Å². The number of carbonyl (C=O) groups is 1. The molecule has 2 aromatic carbocycles. The van der Waals surface area contributed by atoms with Crippen molar-refractivity contribution in [2.75, 3.05) is 18.9 Å². The van der Waals surface area contributed by atoms with E-state index in [4.69, 9.17) is 5.73 Å². The summed E-state index contributed by atoms with van der Waals surface area (Å²) in [6.45, 7) is 5.49. The smallest absolute Gasteiger partial charge is 0.322 e. The molecule has 0 radical (unpaired) electrons. The molecular formula is C28H35N7O. The zero-order valence-corrected chi connectivity index (χ0v) is 21.1. The molecule has 0 spiro atoms. The van der Waals surface area contributed by atoms with Crippen molar-refractivity contribution in [2.45, 2.75) is 38.8 Å². The van der Waals surface area contributed by atoms with Crippen molar-refractivity contribution >= 4 is 11.7 Å². The van der Waals surface area contributed by atoms with Gasteiger partial charge in [-0.15, -0.1) is 0 Å². The van der Waals surface area contributed by atoms with Gasteiger partial charge in [0.15, 0.2) is 0 Å². The fourth-order valence-corrected chi connectivity index (χ4v) is 4.91. The number of nitrogens with two attached hydrogens (primary N) is 1. The summed E-state index contributed by atoms with van der Waals surface area (Å²) >= 11 is 0. The van der Waals surface area contributed by atoms with E-state index in [1.54, 1.807) is 11.9 Å². The molecule has 0 aliphatic carbocycles.